The van der Waals surface area contributed by atoms with Gasteiger partial charge in [0.15, 0.2) is 0 Å². The standard InChI is InChI=1S/C21H31B11O3/c1-4(22)11(25)15(29)8-6(13(27)18(32)12(26)5(2)23)3-7(24)9(14(8)28)10-16(30)19(33)21(35)20(34)17(10)31/h13,24,33-35H,1-3,22-23,25-32H2/b15-11-,18-12-. The molecule has 1 aromatic carbocycles. The van der Waals surface area contributed by atoms with Crippen molar-refractivity contribution < 1.29 is 15.3 Å². The zero-order valence-electron chi connectivity index (χ0n) is 23.2. The summed E-state index contributed by atoms with van der Waals surface area (Å²) < 4.78 is 0. The molecule has 0 radical (unpaired) electrons. The first kappa shape index (κ1) is 28.9. The van der Waals surface area contributed by atoms with Gasteiger partial charge in [0, 0.05) is 0 Å². The van der Waals surface area contributed by atoms with Gasteiger partial charge in [0.2, 0.25) is 0 Å². The molecule has 0 saturated heterocycles. The van der Waals surface area contributed by atoms with Crippen LogP contribution in [-0.4, -0.2) is 107 Å². The van der Waals surface area contributed by atoms with E-state index in [-0.39, 0.29) is 17.3 Å². The molecule has 35 heavy (non-hydrogen) atoms. The van der Waals surface area contributed by atoms with E-state index in [1.807, 2.05) is 15.7 Å². The van der Waals surface area contributed by atoms with Gasteiger partial charge in [-0.3, -0.25) is 0 Å². The Bertz CT molecular complexity index is 1270. The topological polar surface area (TPSA) is 60.7 Å². The molecule has 3 nitrogen and oxygen atoms in total. The van der Waals surface area contributed by atoms with E-state index in [4.69, 9.17) is 0 Å². The van der Waals surface area contributed by atoms with Gasteiger partial charge in [-0.1, -0.05) is 0 Å². The van der Waals surface area contributed by atoms with Crippen LogP contribution in [0.4, 0.5) is 0 Å². The average Bonchev–Trinajstić information content (AvgIpc) is 2.80. The molecule has 0 amide bonds. The fraction of sp³-hybridized carbons (Fsp3) is 0.0952. The van der Waals surface area contributed by atoms with Crippen LogP contribution in [0.2, 0.25) is 5.82 Å². The van der Waals surface area contributed by atoms with E-state index < -0.39 is 5.75 Å². The number of allylic oxidation sites excluding steroid dienone is 10. The Hall–Kier alpha value is -2.36. The molecule has 0 aromatic heterocycles. The molecule has 1 aliphatic rings. The second-order valence-corrected chi connectivity index (χ2v) is 10.2. The van der Waals surface area contributed by atoms with Crippen molar-refractivity contribution in [3.8, 4) is 17.2 Å². The van der Waals surface area contributed by atoms with Crippen LogP contribution in [0, 0.1) is 0 Å². The Balaban J connectivity index is 3.07. The summed E-state index contributed by atoms with van der Waals surface area (Å²) in [5.41, 5.74) is 13.9. The van der Waals surface area contributed by atoms with Crippen LogP contribution in [0.3, 0.4) is 0 Å². The van der Waals surface area contributed by atoms with Crippen LogP contribution in [0.5, 0.6) is 17.2 Å². The molecule has 2 rings (SSSR count). The molecule has 1 atom stereocenters. The Kier molecular flexibility index (Phi) is 8.85. The normalized spacial score (nSPS) is 16.5. The summed E-state index contributed by atoms with van der Waals surface area (Å²) >= 11 is 0. The number of aromatic hydroxyl groups is 3. The third-order valence-corrected chi connectivity index (χ3v) is 7.97. The van der Waals surface area contributed by atoms with Gasteiger partial charge in [-0.25, -0.2) is 0 Å². The van der Waals surface area contributed by atoms with Crippen LogP contribution in [0.1, 0.15) is 12.0 Å². The summed E-state index contributed by atoms with van der Waals surface area (Å²) in [7, 11) is 24.9. The molecule has 1 aromatic rings. The Morgan fingerprint density at radius 2 is 1.26 bits per heavy atom. The van der Waals surface area contributed by atoms with Crippen LogP contribution >= 0.6 is 0 Å². The molecule has 3 N–H and O–H groups in total. The monoisotopic (exact) mass is 452 g/mol. The van der Waals surface area contributed by atoms with Gasteiger partial charge < -0.3 is 0 Å². The molecule has 0 bridgehead atoms. The Morgan fingerprint density at radius 3 is 1.69 bits per heavy atom. The number of benzene rings is 1. The first-order valence-electron chi connectivity index (χ1n) is 12.1. The van der Waals surface area contributed by atoms with Gasteiger partial charge in [0.1, 0.15) is 0 Å². The van der Waals surface area contributed by atoms with Crippen molar-refractivity contribution in [3.63, 3.8) is 0 Å². The quantitative estimate of drug-likeness (QED) is 0.229. The molecule has 166 valence electrons. The van der Waals surface area contributed by atoms with Crippen molar-refractivity contribution in [3.05, 3.63) is 68.2 Å². The molecular weight excluding hydrogens is 419 g/mol. The molecule has 0 saturated carbocycles. The minimum atomic E-state index is -0.487. The van der Waals surface area contributed by atoms with Gasteiger partial charge >= 0.3 is 221 Å². The molecule has 0 spiro atoms. The Morgan fingerprint density at radius 1 is 0.800 bits per heavy atom. The van der Waals surface area contributed by atoms with Gasteiger partial charge in [0.25, 0.3) is 0 Å². The van der Waals surface area contributed by atoms with E-state index in [9.17, 15) is 15.3 Å². The van der Waals surface area contributed by atoms with E-state index in [0.717, 1.165) is 44.0 Å². The molecule has 0 fully saturated rings. The molecule has 0 heterocycles. The summed E-state index contributed by atoms with van der Waals surface area (Å²) in [6, 6.07) is 0. The van der Waals surface area contributed by atoms with Crippen LogP contribution < -0.4 is 10.9 Å². The van der Waals surface area contributed by atoms with Crippen LogP contribution in [0.15, 0.2) is 62.6 Å². The summed E-state index contributed by atoms with van der Waals surface area (Å²) in [5.74, 6) is -0.922. The maximum atomic E-state index is 10.5. The minimum absolute atomic E-state index is 0.173. The predicted octanol–water partition coefficient (Wildman–Crippen LogP) is -7.89. The summed E-state index contributed by atoms with van der Waals surface area (Å²) in [4.78, 5) is 0. The number of hydrogen-bond donors (Lipinski definition) is 3. The van der Waals surface area contributed by atoms with Crippen molar-refractivity contribution in [2.24, 2.45) is 0 Å². The van der Waals surface area contributed by atoms with E-state index in [1.54, 1.807) is 15.7 Å². The first-order valence-corrected chi connectivity index (χ1v) is 12.1. The van der Waals surface area contributed by atoms with E-state index in [0.29, 0.717) is 17.3 Å². The number of phenols is 3. The maximum absolute atomic E-state index is 10.5. The van der Waals surface area contributed by atoms with Crippen molar-refractivity contribution in [2.75, 3.05) is 0 Å². The zero-order chi connectivity index (χ0) is 27.1. The number of rotatable bonds is 6. The van der Waals surface area contributed by atoms with Gasteiger partial charge in [-0.2, -0.15) is 0 Å². The second-order valence-electron chi connectivity index (χ2n) is 10.2. The summed E-state index contributed by atoms with van der Waals surface area (Å²) in [6.45, 7) is 8.32. The molecule has 0 aliphatic heterocycles. The second kappa shape index (κ2) is 10.7. The number of hydrogen-bond acceptors (Lipinski definition) is 3. The molecular formula is C21H31B11O3. The predicted molar refractivity (Wildman–Crippen MR) is 183 cm³/mol. The molecule has 1 unspecified atom stereocenters. The fourth-order valence-corrected chi connectivity index (χ4v) is 5.08. The summed E-state index contributed by atoms with van der Waals surface area (Å²) in [6.07, 6.45) is 0.659. The van der Waals surface area contributed by atoms with E-state index in [2.05, 4.69) is 67.7 Å². The van der Waals surface area contributed by atoms with Crippen molar-refractivity contribution >= 4 is 108 Å². The van der Waals surface area contributed by atoms with Crippen molar-refractivity contribution in [1.82, 2.24) is 0 Å². The zero-order valence-corrected chi connectivity index (χ0v) is 23.2. The van der Waals surface area contributed by atoms with Gasteiger partial charge in [0.05, 0.1) is 0 Å². The average molecular weight is 450 g/mol. The van der Waals surface area contributed by atoms with Crippen LogP contribution in [-0.2, 0) is 0 Å². The van der Waals surface area contributed by atoms with E-state index in [1.165, 1.54) is 22.1 Å². The van der Waals surface area contributed by atoms with Gasteiger partial charge in [-0.05, 0) is 0 Å². The fourth-order valence-electron chi connectivity index (χ4n) is 5.08. The third kappa shape index (κ3) is 5.13. The molecule has 14 heteroatoms. The van der Waals surface area contributed by atoms with Crippen molar-refractivity contribution in [1.29, 1.82) is 0 Å². The van der Waals surface area contributed by atoms with Crippen molar-refractivity contribution in [2.45, 2.75) is 12.2 Å². The van der Waals surface area contributed by atoms with E-state index >= 15 is 0 Å². The number of phenolic OH excluding ortho intramolecular Hbond substituents is 3. The Labute approximate surface area is 220 Å². The molecule has 1 aliphatic carbocycles. The van der Waals surface area contributed by atoms with Gasteiger partial charge in [-0.15, -0.1) is 0 Å². The van der Waals surface area contributed by atoms with Crippen LogP contribution in [0.25, 0.3) is 5.57 Å². The SMILES string of the molecule is B=C1CC(C(B)/C(B)=C(/B)C(B)=C)=C(/C(B)=C(/B)C(B)=C)C(B)=C1c1c(B)c(O)c(O)c(O)c1B. The first-order chi connectivity index (χ1) is 16.1. The summed E-state index contributed by atoms with van der Waals surface area (Å²) in [5, 5.41) is 31.3. The third-order valence-electron chi connectivity index (χ3n) is 7.97.